The van der Waals surface area contributed by atoms with Crippen LogP contribution in [0, 0.1) is 0 Å². The van der Waals surface area contributed by atoms with Crippen molar-refractivity contribution in [3.05, 3.63) is 48.7 Å². The number of nitrogens with one attached hydrogen (secondary N) is 1. The molecular formula is C12H16N4O3S2. The molecule has 4 N–H and O–H groups in total. The normalized spacial score (nSPS) is 11.8. The molecule has 0 heterocycles. The minimum Gasteiger partial charge on any atom is -0.375 e. The maximum atomic E-state index is 11.1. The minimum absolute atomic E-state index is 0.00112. The Hall–Kier alpha value is -1.97. The van der Waals surface area contributed by atoms with Gasteiger partial charge in [-0.3, -0.25) is 14.3 Å². The lowest BCUT2D eigenvalue weighted by molar-refractivity contribution is 0.409. The minimum atomic E-state index is -4.33. The number of hydrogen-bond donors (Lipinski definition) is 3. The van der Waals surface area contributed by atoms with Crippen LogP contribution in [0.25, 0.3) is 0 Å². The van der Waals surface area contributed by atoms with Gasteiger partial charge in [0.05, 0.1) is 5.71 Å². The molecule has 9 heteroatoms. The number of nitrogens with two attached hydrogens (primary N) is 1. The molecule has 0 fully saturated rings. The van der Waals surface area contributed by atoms with E-state index in [-0.39, 0.29) is 18.1 Å². The van der Waals surface area contributed by atoms with Gasteiger partial charge in [0.15, 0.2) is 5.11 Å². The largest absolute Gasteiger partial charge is 0.375 e. The van der Waals surface area contributed by atoms with Gasteiger partial charge in [0, 0.05) is 19.2 Å². The molecule has 0 saturated carbocycles. The Kier molecular flexibility index (Phi) is 6.28. The quantitative estimate of drug-likeness (QED) is 0.296. The van der Waals surface area contributed by atoms with Gasteiger partial charge in [-0.25, -0.2) is 0 Å². The first-order valence-corrected chi connectivity index (χ1v) is 7.69. The van der Waals surface area contributed by atoms with E-state index in [0.29, 0.717) is 10.0 Å². The number of rotatable bonds is 7. The molecule has 7 nitrogen and oxygen atoms in total. The van der Waals surface area contributed by atoms with Gasteiger partial charge < -0.3 is 5.73 Å². The summed E-state index contributed by atoms with van der Waals surface area (Å²) in [5, 5.41) is 4.04. The van der Waals surface area contributed by atoms with Crippen LogP contribution >= 0.6 is 12.2 Å². The number of hydrogen-bond acceptors (Lipinski definition) is 4. The van der Waals surface area contributed by atoms with Crippen molar-refractivity contribution in [3.8, 4) is 0 Å². The second kappa shape index (κ2) is 7.72. The molecule has 0 aliphatic heterocycles. The van der Waals surface area contributed by atoms with Crippen LogP contribution in [0.3, 0.4) is 0 Å². The summed E-state index contributed by atoms with van der Waals surface area (Å²) in [6.45, 7) is 3.32. The summed E-state index contributed by atoms with van der Waals surface area (Å²) in [6.07, 6.45) is 1.25. The number of benzene rings is 1. The Morgan fingerprint density at radius 3 is 2.57 bits per heavy atom. The van der Waals surface area contributed by atoms with Crippen LogP contribution in [-0.4, -0.2) is 34.6 Å². The Morgan fingerprint density at radius 1 is 1.48 bits per heavy atom. The summed E-state index contributed by atoms with van der Waals surface area (Å²) >= 11 is 4.68. The fourth-order valence-corrected chi connectivity index (χ4v) is 2.09. The molecule has 0 amide bonds. The van der Waals surface area contributed by atoms with Gasteiger partial charge in [-0.15, -0.1) is 0 Å². The van der Waals surface area contributed by atoms with E-state index in [4.69, 9.17) is 10.3 Å². The van der Waals surface area contributed by atoms with Crippen molar-refractivity contribution < 1.29 is 13.0 Å². The highest BCUT2D eigenvalue weighted by Crippen LogP contribution is 2.07. The van der Waals surface area contributed by atoms with Crippen molar-refractivity contribution in [1.29, 1.82) is 0 Å². The van der Waals surface area contributed by atoms with E-state index in [9.17, 15) is 8.42 Å². The van der Waals surface area contributed by atoms with Crippen molar-refractivity contribution in [2.24, 2.45) is 10.8 Å². The maximum Gasteiger partial charge on any atom is 0.359 e. The average Bonchev–Trinajstić information content (AvgIpc) is 2.42. The third-order valence-electron chi connectivity index (χ3n) is 2.48. The van der Waals surface area contributed by atoms with Crippen LogP contribution < -0.4 is 11.2 Å². The molecule has 1 aromatic rings. The monoisotopic (exact) mass is 328 g/mol. The molecule has 21 heavy (non-hydrogen) atoms. The summed E-state index contributed by atoms with van der Waals surface area (Å²) in [7, 11) is -4.33. The lowest BCUT2D eigenvalue weighted by Gasteiger charge is -2.16. The first kappa shape index (κ1) is 17.1. The van der Waals surface area contributed by atoms with E-state index >= 15 is 0 Å². The molecule has 0 aromatic heterocycles. The van der Waals surface area contributed by atoms with E-state index in [2.05, 4.69) is 29.3 Å². The van der Waals surface area contributed by atoms with Crippen LogP contribution in [0.5, 0.6) is 0 Å². The Labute approximate surface area is 129 Å². The van der Waals surface area contributed by atoms with Crippen LogP contribution in [0.1, 0.15) is 12.0 Å². The molecular weight excluding hydrogens is 312 g/mol. The highest BCUT2D eigenvalue weighted by molar-refractivity contribution is 7.83. The van der Waals surface area contributed by atoms with Gasteiger partial charge in [0.2, 0.25) is 0 Å². The van der Waals surface area contributed by atoms with Crippen LogP contribution in [0.15, 0.2) is 48.2 Å². The summed E-state index contributed by atoms with van der Waals surface area (Å²) in [6, 6.07) is 9.10. The maximum absolute atomic E-state index is 11.1. The first-order valence-electron chi connectivity index (χ1n) is 5.89. The zero-order chi connectivity index (χ0) is 15.9. The van der Waals surface area contributed by atoms with E-state index in [1.807, 2.05) is 30.3 Å². The van der Waals surface area contributed by atoms with Gasteiger partial charge in [0.1, 0.15) is 0 Å². The van der Waals surface area contributed by atoms with Crippen LogP contribution in [0.4, 0.5) is 0 Å². The third-order valence-corrected chi connectivity index (χ3v) is 3.49. The summed E-state index contributed by atoms with van der Waals surface area (Å²) in [5.41, 5.74) is 9.11. The number of thiocarbonyl (C=S) groups is 1. The van der Waals surface area contributed by atoms with Gasteiger partial charge in [-0.2, -0.15) is 13.5 Å². The molecule has 114 valence electrons. The van der Waals surface area contributed by atoms with Crippen molar-refractivity contribution in [3.63, 3.8) is 0 Å². The second-order valence-corrected chi connectivity index (χ2v) is 5.73. The fourth-order valence-electron chi connectivity index (χ4n) is 1.53. The van der Waals surface area contributed by atoms with E-state index in [0.717, 1.165) is 11.8 Å². The second-order valence-electron chi connectivity index (χ2n) is 3.92. The average molecular weight is 328 g/mol. The first-order chi connectivity index (χ1) is 9.84. The fraction of sp³-hybridized carbons (Fsp3) is 0.167. The Morgan fingerprint density at radius 2 is 2.10 bits per heavy atom. The van der Waals surface area contributed by atoms with E-state index < -0.39 is 10.3 Å². The summed E-state index contributed by atoms with van der Waals surface area (Å²) in [4.78, 5) is 0. The molecule has 1 aromatic carbocycles. The van der Waals surface area contributed by atoms with Crippen LogP contribution in [-0.2, 0) is 10.3 Å². The highest BCUT2D eigenvalue weighted by atomic mass is 32.2. The van der Waals surface area contributed by atoms with E-state index in [1.54, 1.807) is 0 Å². The van der Waals surface area contributed by atoms with Crippen molar-refractivity contribution >= 4 is 33.3 Å². The lowest BCUT2D eigenvalue weighted by atomic mass is 10.1. The number of nitrogens with zero attached hydrogens (tertiary/aromatic N) is 2. The van der Waals surface area contributed by atoms with Gasteiger partial charge in [-0.1, -0.05) is 36.9 Å². The van der Waals surface area contributed by atoms with E-state index in [1.165, 1.54) is 0 Å². The highest BCUT2D eigenvalue weighted by Gasteiger charge is 2.15. The van der Waals surface area contributed by atoms with Crippen molar-refractivity contribution in [2.75, 3.05) is 6.54 Å². The molecule has 0 spiro atoms. The van der Waals surface area contributed by atoms with Gasteiger partial charge >= 0.3 is 10.3 Å². The standard InChI is InChI=1S/C12H16N4O3S2/c1-2-16(21(17,18)19)9-8-11(14-15-12(13)20)10-6-4-3-5-7-10/h2-7H,1,8-9H2,(H3,13,15,20)(H,17,18,19). The Balaban J connectivity index is 2.91. The number of hydrazone groups is 1. The molecule has 0 radical (unpaired) electrons. The summed E-state index contributed by atoms with van der Waals surface area (Å²) < 4.78 is 31.9. The van der Waals surface area contributed by atoms with Gasteiger partial charge in [-0.05, 0) is 17.8 Å². The van der Waals surface area contributed by atoms with Crippen LogP contribution in [0.2, 0.25) is 0 Å². The summed E-state index contributed by atoms with van der Waals surface area (Å²) in [5.74, 6) is 0. The molecule has 0 atom stereocenters. The van der Waals surface area contributed by atoms with Gasteiger partial charge in [0.25, 0.3) is 0 Å². The smallest absolute Gasteiger partial charge is 0.359 e. The predicted molar refractivity (Wildman–Crippen MR) is 86.0 cm³/mol. The molecule has 0 saturated heterocycles. The topological polar surface area (TPSA) is 108 Å². The molecule has 0 unspecified atom stereocenters. The molecule has 1 rings (SSSR count). The molecule has 0 bridgehead atoms. The zero-order valence-corrected chi connectivity index (χ0v) is 12.8. The van der Waals surface area contributed by atoms with Crippen molar-refractivity contribution in [1.82, 2.24) is 9.73 Å². The predicted octanol–water partition coefficient (Wildman–Crippen LogP) is 0.862. The molecule has 0 aliphatic carbocycles. The zero-order valence-electron chi connectivity index (χ0n) is 11.1. The molecule has 0 aliphatic rings. The van der Waals surface area contributed by atoms with Crippen molar-refractivity contribution in [2.45, 2.75) is 6.42 Å². The Bertz CT molecular complexity index is 629. The lowest BCUT2D eigenvalue weighted by Crippen LogP contribution is -2.29. The SMILES string of the molecule is C=CN(CCC(=NNC(N)=S)c1ccccc1)S(=O)(=O)O. The third kappa shape index (κ3) is 5.90.